The van der Waals surface area contributed by atoms with Gasteiger partial charge in [-0.05, 0) is 26.8 Å². The third-order valence-electron chi connectivity index (χ3n) is 3.11. The molecule has 76 valence electrons. The summed E-state index contributed by atoms with van der Waals surface area (Å²) < 4.78 is 0. The second kappa shape index (κ2) is 4.61. The van der Waals surface area contributed by atoms with Crippen LogP contribution in [0.3, 0.4) is 0 Å². The van der Waals surface area contributed by atoms with Crippen LogP contribution >= 0.6 is 0 Å². The van der Waals surface area contributed by atoms with Gasteiger partial charge >= 0.3 is 0 Å². The van der Waals surface area contributed by atoms with Crippen molar-refractivity contribution >= 4 is 5.84 Å². The van der Waals surface area contributed by atoms with Gasteiger partial charge in [-0.25, -0.2) is 0 Å². The van der Waals surface area contributed by atoms with Gasteiger partial charge in [0.05, 0.1) is 5.84 Å². The van der Waals surface area contributed by atoms with Crippen LogP contribution in [0.5, 0.6) is 0 Å². The van der Waals surface area contributed by atoms with Gasteiger partial charge in [-0.15, -0.1) is 0 Å². The molecule has 0 radical (unpaired) electrons. The van der Waals surface area contributed by atoms with Crippen LogP contribution in [-0.2, 0) is 0 Å². The Balaban J connectivity index is 2.36. The van der Waals surface area contributed by atoms with E-state index in [9.17, 15) is 0 Å². The number of nitrogens with zero attached hydrogens (tertiary/aromatic N) is 1. The largest absolute Gasteiger partial charge is 0.388 e. The highest BCUT2D eigenvalue weighted by atomic mass is 15.2. The Morgan fingerprint density at radius 3 is 2.54 bits per heavy atom. The molecule has 0 heterocycles. The van der Waals surface area contributed by atoms with Crippen molar-refractivity contribution in [1.82, 2.24) is 4.90 Å². The summed E-state index contributed by atoms with van der Waals surface area (Å²) >= 11 is 0. The Morgan fingerprint density at radius 1 is 1.54 bits per heavy atom. The van der Waals surface area contributed by atoms with E-state index in [4.69, 9.17) is 11.1 Å². The molecule has 3 N–H and O–H groups in total. The van der Waals surface area contributed by atoms with Crippen LogP contribution < -0.4 is 5.73 Å². The van der Waals surface area contributed by atoms with E-state index in [1.165, 1.54) is 25.7 Å². The van der Waals surface area contributed by atoms with Crippen molar-refractivity contribution in [1.29, 1.82) is 5.41 Å². The lowest BCUT2D eigenvalue weighted by Gasteiger charge is -2.30. The van der Waals surface area contributed by atoms with Gasteiger partial charge in [0.25, 0.3) is 0 Å². The van der Waals surface area contributed by atoms with Crippen molar-refractivity contribution in [3.8, 4) is 0 Å². The van der Waals surface area contributed by atoms with Crippen molar-refractivity contribution in [3.05, 3.63) is 0 Å². The van der Waals surface area contributed by atoms with Gasteiger partial charge in [0, 0.05) is 18.5 Å². The molecule has 0 aromatic heterocycles. The Labute approximate surface area is 80.8 Å². The van der Waals surface area contributed by atoms with Gasteiger partial charge < -0.3 is 10.6 Å². The molecule has 1 aliphatic carbocycles. The zero-order valence-corrected chi connectivity index (χ0v) is 8.71. The van der Waals surface area contributed by atoms with E-state index < -0.39 is 0 Å². The molecule has 0 amide bonds. The molecule has 3 nitrogen and oxygen atoms in total. The number of hydrogen-bond acceptors (Lipinski definition) is 2. The molecule has 0 spiro atoms. The molecule has 0 aromatic carbocycles. The minimum Gasteiger partial charge on any atom is -0.388 e. The fourth-order valence-electron chi connectivity index (χ4n) is 2.13. The molecular weight excluding hydrogens is 162 g/mol. The fraction of sp³-hybridized carbons (Fsp3) is 0.900. The first-order chi connectivity index (χ1) is 6.11. The summed E-state index contributed by atoms with van der Waals surface area (Å²) in [4.78, 5) is 2.38. The Hall–Kier alpha value is -0.570. The van der Waals surface area contributed by atoms with Crippen LogP contribution in [0.4, 0.5) is 0 Å². The quantitative estimate of drug-likeness (QED) is 0.513. The highest BCUT2D eigenvalue weighted by Crippen LogP contribution is 2.24. The highest BCUT2D eigenvalue weighted by molar-refractivity contribution is 5.77. The fourth-order valence-corrected chi connectivity index (χ4v) is 2.13. The van der Waals surface area contributed by atoms with Crippen LogP contribution in [0.2, 0.25) is 0 Å². The summed E-state index contributed by atoms with van der Waals surface area (Å²) in [6.45, 7) is 2.15. The lowest BCUT2D eigenvalue weighted by atomic mass is 10.1. The summed E-state index contributed by atoms with van der Waals surface area (Å²) in [6, 6.07) is 1.15. The van der Waals surface area contributed by atoms with Gasteiger partial charge in [-0.3, -0.25) is 5.41 Å². The van der Waals surface area contributed by atoms with Gasteiger partial charge in [0.15, 0.2) is 0 Å². The predicted molar refractivity (Wildman–Crippen MR) is 56.0 cm³/mol. The maximum Gasteiger partial charge on any atom is 0.0920 e. The third-order valence-corrected chi connectivity index (χ3v) is 3.11. The monoisotopic (exact) mass is 183 g/mol. The summed E-state index contributed by atoms with van der Waals surface area (Å²) in [5.74, 6) is 0.303. The lowest BCUT2D eigenvalue weighted by molar-refractivity contribution is 0.190. The Bertz CT molecular complexity index is 173. The molecule has 1 saturated carbocycles. The van der Waals surface area contributed by atoms with E-state index in [-0.39, 0.29) is 0 Å². The van der Waals surface area contributed by atoms with Crippen molar-refractivity contribution in [2.75, 3.05) is 7.05 Å². The number of rotatable bonds is 4. The van der Waals surface area contributed by atoms with E-state index in [0.29, 0.717) is 18.3 Å². The SMILES string of the molecule is CC(CC(=N)N)N(C)C1CCCC1. The molecule has 1 rings (SSSR count). The van der Waals surface area contributed by atoms with Crippen LogP contribution in [0, 0.1) is 5.41 Å². The van der Waals surface area contributed by atoms with Crippen molar-refractivity contribution in [2.24, 2.45) is 5.73 Å². The normalized spacial score (nSPS) is 20.8. The first-order valence-electron chi connectivity index (χ1n) is 5.16. The first-order valence-corrected chi connectivity index (χ1v) is 5.16. The van der Waals surface area contributed by atoms with E-state index in [0.717, 1.165) is 6.04 Å². The molecule has 0 bridgehead atoms. The summed E-state index contributed by atoms with van der Waals surface area (Å²) in [5.41, 5.74) is 5.39. The zero-order chi connectivity index (χ0) is 9.84. The minimum atomic E-state index is 0.303. The number of hydrogen-bond donors (Lipinski definition) is 2. The highest BCUT2D eigenvalue weighted by Gasteiger charge is 2.23. The summed E-state index contributed by atoms with van der Waals surface area (Å²) in [5, 5.41) is 7.24. The van der Waals surface area contributed by atoms with Crippen molar-refractivity contribution in [3.63, 3.8) is 0 Å². The van der Waals surface area contributed by atoms with Crippen molar-refractivity contribution in [2.45, 2.75) is 51.1 Å². The third kappa shape index (κ3) is 2.99. The van der Waals surface area contributed by atoms with E-state index in [1.54, 1.807) is 0 Å². The predicted octanol–water partition coefficient (Wildman–Crippen LogP) is 1.58. The molecular formula is C10H21N3. The molecule has 3 heteroatoms. The Morgan fingerprint density at radius 2 is 2.08 bits per heavy atom. The van der Waals surface area contributed by atoms with Crippen LogP contribution in [0.1, 0.15) is 39.0 Å². The standard InChI is InChI=1S/C10H21N3/c1-8(7-10(11)12)13(2)9-5-3-4-6-9/h8-9H,3-7H2,1-2H3,(H3,11,12). The average Bonchev–Trinajstić information content (AvgIpc) is 2.53. The molecule has 1 atom stereocenters. The smallest absolute Gasteiger partial charge is 0.0920 e. The molecule has 1 unspecified atom stereocenters. The molecule has 1 aliphatic rings. The number of nitrogens with one attached hydrogen (secondary N) is 1. The topological polar surface area (TPSA) is 53.1 Å². The van der Waals surface area contributed by atoms with Crippen molar-refractivity contribution < 1.29 is 0 Å². The maximum absolute atomic E-state index is 7.24. The molecule has 13 heavy (non-hydrogen) atoms. The maximum atomic E-state index is 7.24. The van der Waals surface area contributed by atoms with Gasteiger partial charge in [0.1, 0.15) is 0 Å². The van der Waals surface area contributed by atoms with Crippen LogP contribution in [0.15, 0.2) is 0 Å². The van der Waals surface area contributed by atoms with E-state index in [1.807, 2.05) is 0 Å². The second-order valence-electron chi connectivity index (χ2n) is 4.18. The molecule has 1 fully saturated rings. The van der Waals surface area contributed by atoms with E-state index >= 15 is 0 Å². The van der Waals surface area contributed by atoms with Crippen LogP contribution in [0.25, 0.3) is 0 Å². The van der Waals surface area contributed by atoms with Gasteiger partial charge in [0.2, 0.25) is 0 Å². The molecule has 0 saturated heterocycles. The summed E-state index contributed by atoms with van der Waals surface area (Å²) in [6.07, 6.45) is 6.06. The van der Waals surface area contributed by atoms with Crippen LogP contribution in [-0.4, -0.2) is 29.9 Å². The first kappa shape index (κ1) is 10.5. The average molecular weight is 183 g/mol. The molecule has 0 aromatic rings. The lowest BCUT2D eigenvalue weighted by Crippen LogP contribution is -2.39. The summed E-state index contributed by atoms with van der Waals surface area (Å²) in [7, 11) is 2.16. The van der Waals surface area contributed by atoms with Gasteiger partial charge in [-0.1, -0.05) is 12.8 Å². The molecule has 0 aliphatic heterocycles. The van der Waals surface area contributed by atoms with E-state index in [2.05, 4.69) is 18.9 Å². The number of nitrogens with two attached hydrogens (primary N) is 1. The second-order valence-corrected chi connectivity index (χ2v) is 4.18. The zero-order valence-electron chi connectivity index (χ0n) is 8.71. The number of amidine groups is 1. The Kier molecular flexibility index (Phi) is 3.72. The minimum absolute atomic E-state index is 0.303. The van der Waals surface area contributed by atoms with Gasteiger partial charge in [-0.2, -0.15) is 0 Å².